The van der Waals surface area contributed by atoms with Gasteiger partial charge in [-0.3, -0.25) is 9.59 Å². The maximum absolute atomic E-state index is 11.6. The van der Waals surface area contributed by atoms with Crippen LogP contribution in [0, 0.1) is 0 Å². The number of esters is 1. The van der Waals surface area contributed by atoms with Gasteiger partial charge in [0, 0.05) is 6.92 Å². The summed E-state index contributed by atoms with van der Waals surface area (Å²) in [6, 6.07) is 5.08. The molecule has 1 amide bonds. The second kappa shape index (κ2) is 6.73. The standard InChI is InChI=1S/C14H13NO4S2/c1-3-18-11-6-9(4-5-10(11)19-8(2)16)7-12-13(17)15-14(20)21-12/h4-7H,3H2,1-2H3,(H,15,17,20)/b12-7+. The lowest BCUT2D eigenvalue weighted by atomic mass is 10.2. The van der Waals surface area contributed by atoms with Gasteiger partial charge in [0.1, 0.15) is 4.32 Å². The zero-order valence-electron chi connectivity index (χ0n) is 11.5. The highest BCUT2D eigenvalue weighted by Gasteiger charge is 2.22. The van der Waals surface area contributed by atoms with E-state index in [0.717, 1.165) is 5.56 Å². The van der Waals surface area contributed by atoms with Crippen LogP contribution in [0.2, 0.25) is 0 Å². The molecule has 5 nitrogen and oxygen atoms in total. The van der Waals surface area contributed by atoms with Gasteiger partial charge in [0.2, 0.25) is 0 Å². The molecular weight excluding hydrogens is 310 g/mol. The smallest absolute Gasteiger partial charge is 0.308 e. The Morgan fingerprint density at radius 2 is 2.19 bits per heavy atom. The first-order valence-electron chi connectivity index (χ1n) is 6.19. The van der Waals surface area contributed by atoms with Crippen LogP contribution in [0.4, 0.5) is 0 Å². The Labute approximate surface area is 131 Å². The molecule has 21 heavy (non-hydrogen) atoms. The molecule has 1 aliphatic heterocycles. The van der Waals surface area contributed by atoms with Gasteiger partial charge in [-0.25, -0.2) is 0 Å². The molecule has 1 aliphatic rings. The van der Waals surface area contributed by atoms with Crippen LogP contribution >= 0.6 is 24.0 Å². The van der Waals surface area contributed by atoms with Gasteiger partial charge >= 0.3 is 5.97 Å². The van der Waals surface area contributed by atoms with E-state index in [2.05, 4.69) is 5.32 Å². The lowest BCUT2D eigenvalue weighted by Crippen LogP contribution is -2.17. The topological polar surface area (TPSA) is 64.6 Å². The highest BCUT2D eigenvalue weighted by molar-refractivity contribution is 8.26. The van der Waals surface area contributed by atoms with Gasteiger partial charge in [-0.15, -0.1) is 0 Å². The van der Waals surface area contributed by atoms with Crippen molar-refractivity contribution in [3.8, 4) is 11.5 Å². The molecule has 0 aromatic heterocycles. The Hall–Kier alpha value is -1.86. The van der Waals surface area contributed by atoms with Gasteiger partial charge in [-0.2, -0.15) is 0 Å². The van der Waals surface area contributed by atoms with E-state index in [9.17, 15) is 9.59 Å². The Kier molecular flexibility index (Phi) is 4.98. The molecule has 1 fully saturated rings. The molecule has 110 valence electrons. The summed E-state index contributed by atoms with van der Waals surface area (Å²) in [4.78, 5) is 23.2. The molecule has 7 heteroatoms. The fourth-order valence-corrected chi connectivity index (χ4v) is 2.74. The van der Waals surface area contributed by atoms with Gasteiger partial charge in [-0.1, -0.05) is 30.0 Å². The van der Waals surface area contributed by atoms with Crippen molar-refractivity contribution in [2.75, 3.05) is 6.61 Å². The van der Waals surface area contributed by atoms with E-state index in [-0.39, 0.29) is 5.91 Å². The maximum atomic E-state index is 11.6. The number of carbonyl (C=O) groups excluding carboxylic acids is 2. The quantitative estimate of drug-likeness (QED) is 0.397. The number of benzene rings is 1. The molecular formula is C14H13NO4S2. The van der Waals surface area contributed by atoms with Crippen molar-refractivity contribution in [3.05, 3.63) is 28.7 Å². The molecule has 1 aromatic rings. The predicted molar refractivity (Wildman–Crippen MR) is 85.2 cm³/mol. The van der Waals surface area contributed by atoms with E-state index in [1.54, 1.807) is 24.3 Å². The van der Waals surface area contributed by atoms with Gasteiger partial charge in [0.05, 0.1) is 11.5 Å². The number of hydrogen-bond acceptors (Lipinski definition) is 6. The second-order valence-electron chi connectivity index (χ2n) is 4.09. The summed E-state index contributed by atoms with van der Waals surface area (Å²) in [7, 11) is 0. The van der Waals surface area contributed by atoms with E-state index in [0.29, 0.717) is 27.3 Å². The minimum Gasteiger partial charge on any atom is -0.490 e. The molecule has 1 aromatic carbocycles. The second-order valence-corrected chi connectivity index (χ2v) is 5.80. The zero-order valence-corrected chi connectivity index (χ0v) is 13.1. The molecule has 0 atom stereocenters. The third kappa shape index (κ3) is 4.05. The SMILES string of the molecule is CCOc1cc(/C=C2/SC(=S)NC2=O)ccc1OC(C)=O. The minimum atomic E-state index is -0.418. The summed E-state index contributed by atoms with van der Waals surface area (Å²) in [5.41, 5.74) is 0.761. The van der Waals surface area contributed by atoms with Crippen LogP contribution in [0.15, 0.2) is 23.1 Å². The maximum Gasteiger partial charge on any atom is 0.308 e. The van der Waals surface area contributed by atoms with Gasteiger partial charge in [0.25, 0.3) is 5.91 Å². The fraction of sp³-hybridized carbons (Fsp3) is 0.214. The van der Waals surface area contributed by atoms with Crippen molar-refractivity contribution in [3.63, 3.8) is 0 Å². The van der Waals surface area contributed by atoms with Crippen molar-refractivity contribution in [2.45, 2.75) is 13.8 Å². The van der Waals surface area contributed by atoms with Crippen LogP contribution in [0.25, 0.3) is 6.08 Å². The molecule has 0 bridgehead atoms. The molecule has 0 aliphatic carbocycles. The summed E-state index contributed by atoms with van der Waals surface area (Å²) >= 11 is 6.14. The van der Waals surface area contributed by atoms with E-state index >= 15 is 0 Å². The largest absolute Gasteiger partial charge is 0.490 e. The fourth-order valence-electron chi connectivity index (χ4n) is 1.69. The summed E-state index contributed by atoms with van der Waals surface area (Å²) < 4.78 is 11.0. The van der Waals surface area contributed by atoms with Crippen LogP contribution in [-0.4, -0.2) is 22.8 Å². The number of carbonyl (C=O) groups is 2. The Balaban J connectivity index is 2.31. The molecule has 2 rings (SSSR count). The molecule has 0 saturated carbocycles. The average Bonchev–Trinajstić information content (AvgIpc) is 2.71. The van der Waals surface area contributed by atoms with Crippen LogP contribution in [0.1, 0.15) is 19.4 Å². The number of thiocarbonyl (C=S) groups is 1. The number of rotatable bonds is 4. The summed E-state index contributed by atoms with van der Waals surface area (Å²) in [6.07, 6.45) is 1.71. The first kappa shape index (κ1) is 15.5. The van der Waals surface area contributed by atoms with Crippen LogP contribution in [0.3, 0.4) is 0 Å². The number of thioether (sulfide) groups is 1. The van der Waals surface area contributed by atoms with Crippen molar-refractivity contribution in [2.24, 2.45) is 0 Å². The molecule has 0 unspecified atom stereocenters. The van der Waals surface area contributed by atoms with Crippen molar-refractivity contribution < 1.29 is 19.1 Å². The van der Waals surface area contributed by atoms with Crippen molar-refractivity contribution >= 4 is 46.3 Å². The third-order valence-electron chi connectivity index (χ3n) is 2.46. The Bertz CT molecular complexity index is 640. The molecule has 0 radical (unpaired) electrons. The highest BCUT2D eigenvalue weighted by atomic mass is 32.2. The number of nitrogens with one attached hydrogen (secondary N) is 1. The normalized spacial score (nSPS) is 16.0. The van der Waals surface area contributed by atoms with Gasteiger partial charge in [0.15, 0.2) is 11.5 Å². The molecule has 1 heterocycles. The van der Waals surface area contributed by atoms with E-state index < -0.39 is 5.97 Å². The first-order valence-corrected chi connectivity index (χ1v) is 7.42. The van der Waals surface area contributed by atoms with E-state index in [1.807, 2.05) is 6.92 Å². The van der Waals surface area contributed by atoms with Gasteiger partial charge < -0.3 is 14.8 Å². The van der Waals surface area contributed by atoms with Crippen LogP contribution in [0.5, 0.6) is 11.5 Å². The van der Waals surface area contributed by atoms with E-state index in [4.69, 9.17) is 21.7 Å². The first-order chi connectivity index (χ1) is 9.99. The monoisotopic (exact) mass is 323 g/mol. The lowest BCUT2D eigenvalue weighted by molar-refractivity contribution is -0.132. The van der Waals surface area contributed by atoms with Crippen molar-refractivity contribution in [1.29, 1.82) is 0 Å². The van der Waals surface area contributed by atoms with E-state index in [1.165, 1.54) is 18.7 Å². The summed E-state index contributed by atoms with van der Waals surface area (Å²) in [5, 5.41) is 2.55. The van der Waals surface area contributed by atoms with Crippen LogP contribution in [-0.2, 0) is 9.59 Å². The van der Waals surface area contributed by atoms with Gasteiger partial charge in [-0.05, 0) is 30.7 Å². The predicted octanol–water partition coefficient (Wildman–Crippen LogP) is 2.50. The molecule has 1 N–H and O–H groups in total. The molecule has 1 saturated heterocycles. The zero-order chi connectivity index (χ0) is 15.4. The number of amides is 1. The highest BCUT2D eigenvalue weighted by Crippen LogP contribution is 2.31. The number of ether oxygens (including phenoxy) is 2. The molecule has 0 spiro atoms. The minimum absolute atomic E-state index is 0.216. The Morgan fingerprint density at radius 1 is 1.43 bits per heavy atom. The third-order valence-corrected chi connectivity index (χ3v) is 3.62. The Morgan fingerprint density at radius 3 is 2.76 bits per heavy atom. The number of hydrogen-bond donors (Lipinski definition) is 1. The summed E-state index contributed by atoms with van der Waals surface area (Å²) in [5.74, 6) is 0.170. The average molecular weight is 323 g/mol. The van der Waals surface area contributed by atoms with Crippen LogP contribution < -0.4 is 14.8 Å². The summed E-state index contributed by atoms with van der Waals surface area (Å²) in [6.45, 7) is 3.60. The van der Waals surface area contributed by atoms with Crippen molar-refractivity contribution in [1.82, 2.24) is 5.32 Å². The lowest BCUT2D eigenvalue weighted by Gasteiger charge is -2.10.